The first-order valence-corrected chi connectivity index (χ1v) is 9.18. The number of fused-ring (bicyclic) bond motifs is 1. The highest BCUT2D eigenvalue weighted by Gasteiger charge is 2.16. The normalized spacial score (nSPS) is 11.6. The van der Waals surface area contributed by atoms with E-state index >= 15 is 0 Å². The maximum absolute atomic E-state index is 13.0. The molecule has 1 aromatic carbocycles. The number of hydrogen-bond acceptors (Lipinski definition) is 4. The second-order valence-corrected chi connectivity index (χ2v) is 7.19. The van der Waals surface area contributed by atoms with E-state index in [1.54, 1.807) is 0 Å². The van der Waals surface area contributed by atoms with E-state index in [0.717, 1.165) is 21.3 Å². The molecule has 0 aliphatic heterocycles. The number of rotatable bonds is 4. The molecule has 8 heteroatoms. The van der Waals surface area contributed by atoms with Crippen LogP contribution in [-0.2, 0) is 6.54 Å². The van der Waals surface area contributed by atoms with Crippen LogP contribution in [0.25, 0.3) is 21.3 Å². The first-order chi connectivity index (χ1) is 13.0. The Bertz CT molecular complexity index is 1190. The second-order valence-electron chi connectivity index (χ2n) is 6.33. The highest BCUT2D eigenvalue weighted by Crippen LogP contribution is 2.31. The van der Waals surface area contributed by atoms with Crippen LogP contribution in [0.3, 0.4) is 0 Å². The van der Waals surface area contributed by atoms with Gasteiger partial charge in [0, 0.05) is 23.3 Å². The van der Waals surface area contributed by atoms with Gasteiger partial charge in [0.2, 0.25) is 0 Å². The Labute approximate surface area is 157 Å². The van der Waals surface area contributed by atoms with E-state index in [4.69, 9.17) is 0 Å². The summed E-state index contributed by atoms with van der Waals surface area (Å²) in [7, 11) is 0. The Kier molecular flexibility index (Phi) is 4.35. The van der Waals surface area contributed by atoms with Gasteiger partial charge in [0.15, 0.2) is 0 Å². The van der Waals surface area contributed by atoms with Crippen molar-refractivity contribution in [2.45, 2.75) is 26.9 Å². The van der Waals surface area contributed by atoms with Crippen molar-refractivity contribution in [2.24, 2.45) is 0 Å². The summed E-state index contributed by atoms with van der Waals surface area (Å²) in [6.07, 6.45) is 3.88. The van der Waals surface area contributed by atoms with E-state index in [1.807, 2.05) is 37.4 Å². The van der Waals surface area contributed by atoms with Crippen LogP contribution in [0.5, 0.6) is 0 Å². The Morgan fingerprint density at radius 1 is 1.19 bits per heavy atom. The highest BCUT2D eigenvalue weighted by molar-refractivity contribution is 7.17. The zero-order chi connectivity index (χ0) is 19.1. The van der Waals surface area contributed by atoms with Crippen LogP contribution >= 0.6 is 11.3 Å². The number of hydrogen-bond donors (Lipinski definition) is 0. The van der Waals surface area contributed by atoms with Gasteiger partial charge < -0.3 is 0 Å². The van der Waals surface area contributed by atoms with E-state index in [2.05, 4.69) is 9.97 Å². The molecule has 0 amide bonds. The molecule has 0 bridgehead atoms. The molecule has 27 heavy (non-hydrogen) atoms. The number of aromatic nitrogens is 4. The molecule has 0 aliphatic carbocycles. The molecule has 0 radical (unpaired) electrons. The average molecular weight is 386 g/mol. The van der Waals surface area contributed by atoms with Crippen molar-refractivity contribution in [1.82, 2.24) is 19.1 Å². The molecule has 3 aromatic heterocycles. The fourth-order valence-electron chi connectivity index (χ4n) is 3.00. The van der Waals surface area contributed by atoms with Crippen molar-refractivity contribution < 1.29 is 8.78 Å². The summed E-state index contributed by atoms with van der Waals surface area (Å²) >= 11 is 1.39. The molecule has 3 heterocycles. The standard InChI is InChI=1S/C19H16F2N4OS/c1-11-3-4-13(7-12(11)2)14-9-27-17-16(14)18(26)24(10-23-17)8-15-22-5-6-25(15)19(20)21/h3-7,9-10,19H,8H2,1-2H3. The largest absolute Gasteiger partial charge is 0.319 e. The Hall–Kier alpha value is -2.87. The van der Waals surface area contributed by atoms with Crippen molar-refractivity contribution in [3.63, 3.8) is 0 Å². The molecule has 0 unspecified atom stereocenters. The van der Waals surface area contributed by atoms with Crippen LogP contribution in [0.1, 0.15) is 23.5 Å². The summed E-state index contributed by atoms with van der Waals surface area (Å²) in [5.74, 6) is 0.108. The molecule has 4 aromatic rings. The zero-order valence-corrected chi connectivity index (χ0v) is 15.5. The molecular weight excluding hydrogens is 370 g/mol. The number of alkyl halides is 2. The summed E-state index contributed by atoms with van der Waals surface area (Å²) in [6.45, 7) is 1.28. The van der Waals surface area contributed by atoms with Gasteiger partial charge in [-0.25, -0.2) is 9.97 Å². The SMILES string of the molecule is Cc1ccc(-c2csc3ncn(Cc4nccn4C(F)F)c(=O)c23)cc1C. The van der Waals surface area contributed by atoms with Crippen LogP contribution in [0.15, 0.2) is 47.1 Å². The molecular formula is C19H16F2N4OS. The Morgan fingerprint density at radius 3 is 2.74 bits per heavy atom. The zero-order valence-electron chi connectivity index (χ0n) is 14.7. The minimum absolute atomic E-state index is 0.0681. The predicted octanol–water partition coefficient (Wildman–Crippen LogP) is 4.38. The molecule has 0 saturated carbocycles. The van der Waals surface area contributed by atoms with Gasteiger partial charge in [-0.1, -0.05) is 18.2 Å². The van der Waals surface area contributed by atoms with Crippen molar-refractivity contribution in [2.75, 3.05) is 0 Å². The summed E-state index contributed by atoms with van der Waals surface area (Å²) in [5.41, 5.74) is 3.79. The summed E-state index contributed by atoms with van der Waals surface area (Å²) in [5, 5.41) is 2.41. The maximum Gasteiger partial charge on any atom is 0.319 e. The third kappa shape index (κ3) is 3.06. The number of imidazole rings is 1. The van der Waals surface area contributed by atoms with Gasteiger partial charge >= 0.3 is 6.55 Å². The summed E-state index contributed by atoms with van der Waals surface area (Å²) < 4.78 is 28.2. The predicted molar refractivity (Wildman–Crippen MR) is 101 cm³/mol. The van der Waals surface area contributed by atoms with Crippen molar-refractivity contribution in [1.29, 1.82) is 0 Å². The lowest BCUT2D eigenvalue weighted by molar-refractivity contribution is 0.0666. The molecule has 5 nitrogen and oxygen atoms in total. The van der Waals surface area contributed by atoms with E-state index in [1.165, 1.54) is 40.2 Å². The Balaban J connectivity index is 1.83. The van der Waals surface area contributed by atoms with Crippen molar-refractivity contribution in [3.05, 3.63) is 69.6 Å². The number of benzene rings is 1. The average Bonchev–Trinajstić information content (AvgIpc) is 3.27. The van der Waals surface area contributed by atoms with E-state index < -0.39 is 6.55 Å². The van der Waals surface area contributed by atoms with Crippen LogP contribution in [0, 0.1) is 13.8 Å². The van der Waals surface area contributed by atoms with E-state index in [0.29, 0.717) is 10.2 Å². The van der Waals surface area contributed by atoms with Crippen molar-refractivity contribution >= 4 is 21.6 Å². The topological polar surface area (TPSA) is 52.7 Å². The van der Waals surface area contributed by atoms with Gasteiger partial charge in [0.1, 0.15) is 10.7 Å². The Morgan fingerprint density at radius 2 is 2.00 bits per heavy atom. The second kappa shape index (κ2) is 6.70. The number of thiophene rings is 1. The molecule has 0 aliphatic rings. The van der Waals surface area contributed by atoms with Crippen LogP contribution in [0.4, 0.5) is 8.78 Å². The number of halogens is 2. The first kappa shape index (κ1) is 17.5. The van der Waals surface area contributed by atoms with E-state index in [9.17, 15) is 13.6 Å². The van der Waals surface area contributed by atoms with Gasteiger partial charge in [-0.05, 0) is 30.5 Å². The number of aryl methyl sites for hydroxylation is 2. The fourth-order valence-corrected chi connectivity index (χ4v) is 3.90. The molecule has 138 valence electrons. The summed E-state index contributed by atoms with van der Waals surface area (Å²) in [6, 6.07) is 6.03. The van der Waals surface area contributed by atoms with Gasteiger partial charge in [0.25, 0.3) is 5.56 Å². The lowest BCUT2D eigenvalue weighted by Gasteiger charge is -2.09. The van der Waals surface area contributed by atoms with Crippen LogP contribution in [-0.4, -0.2) is 19.1 Å². The molecule has 0 spiro atoms. The van der Waals surface area contributed by atoms with Gasteiger partial charge in [-0.2, -0.15) is 8.78 Å². The molecule has 0 atom stereocenters. The molecule has 0 saturated heterocycles. The fraction of sp³-hybridized carbons (Fsp3) is 0.211. The lowest BCUT2D eigenvalue weighted by Crippen LogP contribution is -2.22. The van der Waals surface area contributed by atoms with Gasteiger partial charge in [0.05, 0.1) is 18.3 Å². The van der Waals surface area contributed by atoms with Crippen LogP contribution in [0.2, 0.25) is 0 Å². The minimum atomic E-state index is -2.71. The molecule has 4 rings (SSSR count). The van der Waals surface area contributed by atoms with Gasteiger partial charge in [-0.3, -0.25) is 13.9 Å². The van der Waals surface area contributed by atoms with E-state index in [-0.39, 0.29) is 17.9 Å². The van der Waals surface area contributed by atoms with Gasteiger partial charge in [-0.15, -0.1) is 11.3 Å². The molecule has 0 fully saturated rings. The first-order valence-electron chi connectivity index (χ1n) is 8.30. The summed E-state index contributed by atoms with van der Waals surface area (Å²) in [4.78, 5) is 22.0. The molecule has 0 N–H and O–H groups in total. The minimum Gasteiger partial charge on any atom is -0.291 e. The quantitative estimate of drug-likeness (QED) is 0.523. The highest BCUT2D eigenvalue weighted by atomic mass is 32.1. The monoisotopic (exact) mass is 386 g/mol. The third-order valence-corrected chi connectivity index (χ3v) is 5.54. The third-order valence-electron chi connectivity index (χ3n) is 4.65. The smallest absolute Gasteiger partial charge is 0.291 e. The maximum atomic E-state index is 13.0. The lowest BCUT2D eigenvalue weighted by atomic mass is 10.0. The van der Waals surface area contributed by atoms with Crippen LogP contribution < -0.4 is 5.56 Å². The number of nitrogens with zero attached hydrogens (tertiary/aromatic N) is 4. The van der Waals surface area contributed by atoms with Crippen molar-refractivity contribution in [3.8, 4) is 11.1 Å².